The quantitative estimate of drug-likeness (QED) is 0.157. The Morgan fingerprint density at radius 1 is 0.390 bits per heavy atom. The molecule has 2 heteroatoms. The Labute approximate surface area is 351 Å². The first-order chi connectivity index (χ1) is 30.7. The van der Waals surface area contributed by atoms with Crippen molar-refractivity contribution in [3.05, 3.63) is 229 Å². The maximum Gasteiger partial charge on any atom is 0.0645 e. The van der Waals surface area contributed by atoms with Gasteiger partial charge in [-0.2, -0.15) is 0 Å². The number of rotatable bonds is 7. The van der Waals surface area contributed by atoms with Crippen LogP contribution in [-0.4, -0.2) is 4.57 Å². The van der Waals surface area contributed by atoms with Crippen LogP contribution in [0.1, 0.15) is 30.5 Å². The molecule has 0 unspecified atom stereocenters. The normalized spacial score (nSPS) is 13.7. The summed E-state index contributed by atoms with van der Waals surface area (Å²) in [5.41, 5.74) is 14.4. The van der Waals surface area contributed by atoms with Gasteiger partial charge >= 0.3 is 0 Å². The third kappa shape index (κ3) is 5.79. The minimum atomic E-state index is -0.288. The number of aromatic nitrogens is 1. The summed E-state index contributed by atoms with van der Waals surface area (Å²) in [6, 6.07) is 65.9. The summed E-state index contributed by atoms with van der Waals surface area (Å²) >= 11 is 0. The van der Waals surface area contributed by atoms with Crippen molar-refractivity contribution in [1.82, 2.24) is 4.57 Å². The van der Waals surface area contributed by atoms with Gasteiger partial charge < -0.3 is 9.47 Å². The minimum absolute atomic E-state index is 0.0957. The number of hydrogen-bond acceptors (Lipinski definition) is 1. The van der Waals surface area contributed by atoms with E-state index in [1.807, 2.05) is 71.6 Å². The van der Waals surface area contributed by atoms with Crippen molar-refractivity contribution in [2.75, 3.05) is 4.90 Å². The first-order valence-corrected chi connectivity index (χ1v) is 20.2. The van der Waals surface area contributed by atoms with Crippen LogP contribution in [0.3, 0.4) is 0 Å². The van der Waals surface area contributed by atoms with Crippen LogP contribution in [0.5, 0.6) is 0 Å². The highest BCUT2D eigenvalue weighted by Crippen LogP contribution is 2.51. The number of para-hydroxylation sites is 2. The molecular weight excluding hydrogens is 713 g/mol. The molecule has 0 saturated carbocycles. The molecule has 2 nitrogen and oxygen atoms in total. The van der Waals surface area contributed by atoms with Gasteiger partial charge in [0.15, 0.2) is 0 Å². The molecule has 0 radical (unpaired) electrons. The Morgan fingerprint density at radius 3 is 1.81 bits per heavy atom. The molecule has 1 aromatic heterocycles. The largest absolute Gasteiger partial charge is 0.310 e. The third-order valence-electron chi connectivity index (χ3n) is 12.1. The average Bonchev–Trinajstić information content (AvgIpc) is 3.78. The maximum absolute atomic E-state index is 9.79. The lowest BCUT2D eigenvalue weighted by Crippen LogP contribution is -2.16. The molecule has 0 saturated heterocycles. The fourth-order valence-electron chi connectivity index (χ4n) is 9.17. The standard InChI is InChI=1S/C57H42N2/c1-57(2)52-25-12-9-23-48(52)49-34-33-46(38-53(49)57)58(45-21-15-20-42(36-45)39-16-5-3-6-17-39)44-31-28-40(29-32-44)43-30-35-56-51(37-43)50-24-11-14-27-55(50)59(56)54-26-13-10-22-47(54)41-18-7-4-8-19-41/h3-38H,1-2H3/i28D,29D,31D,32D. The summed E-state index contributed by atoms with van der Waals surface area (Å²) < 4.78 is 41.2. The van der Waals surface area contributed by atoms with Gasteiger partial charge in [0.05, 0.1) is 22.2 Å². The zero-order valence-corrected chi connectivity index (χ0v) is 32.9. The van der Waals surface area contributed by atoms with Crippen molar-refractivity contribution in [1.29, 1.82) is 0 Å². The van der Waals surface area contributed by atoms with E-state index in [9.17, 15) is 5.48 Å². The number of hydrogen-bond donors (Lipinski definition) is 0. The van der Waals surface area contributed by atoms with Crippen LogP contribution < -0.4 is 4.90 Å². The van der Waals surface area contributed by atoms with E-state index in [1.54, 1.807) is 0 Å². The summed E-state index contributed by atoms with van der Waals surface area (Å²) in [5.74, 6) is 0. The fourth-order valence-corrected chi connectivity index (χ4v) is 9.17. The summed E-state index contributed by atoms with van der Waals surface area (Å²) in [5, 5.41) is 2.00. The first-order valence-electron chi connectivity index (χ1n) is 22.2. The van der Waals surface area contributed by atoms with E-state index < -0.39 is 0 Å². The van der Waals surface area contributed by atoms with E-state index in [1.165, 1.54) is 11.1 Å². The van der Waals surface area contributed by atoms with E-state index in [4.69, 9.17) is 0 Å². The van der Waals surface area contributed by atoms with Crippen LogP contribution >= 0.6 is 0 Å². The van der Waals surface area contributed by atoms with Crippen LogP contribution in [-0.2, 0) is 5.41 Å². The fraction of sp³-hybridized carbons (Fsp3) is 0.0526. The molecule has 1 aliphatic carbocycles. The van der Waals surface area contributed by atoms with Gasteiger partial charge in [0, 0.05) is 38.8 Å². The molecule has 0 aliphatic heterocycles. The third-order valence-corrected chi connectivity index (χ3v) is 12.1. The number of benzene rings is 9. The van der Waals surface area contributed by atoms with Crippen LogP contribution in [0.25, 0.3) is 72.0 Å². The van der Waals surface area contributed by atoms with Crippen molar-refractivity contribution in [2.24, 2.45) is 0 Å². The molecule has 0 N–H and O–H groups in total. The number of anilines is 3. The molecule has 59 heavy (non-hydrogen) atoms. The van der Waals surface area contributed by atoms with E-state index in [-0.39, 0.29) is 40.8 Å². The van der Waals surface area contributed by atoms with Crippen LogP contribution in [0.15, 0.2) is 218 Å². The predicted octanol–water partition coefficient (Wildman–Crippen LogP) is 15.6. The van der Waals surface area contributed by atoms with Gasteiger partial charge in [-0.1, -0.05) is 172 Å². The Morgan fingerprint density at radius 2 is 1.00 bits per heavy atom. The molecule has 0 bridgehead atoms. The molecular formula is C57H42N2. The second-order valence-corrected chi connectivity index (χ2v) is 15.8. The molecule has 0 fully saturated rings. The first kappa shape index (κ1) is 30.7. The molecule has 9 aromatic carbocycles. The Balaban J connectivity index is 1.10. The molecule has 280 valence electrons. The van der Waals surface area contributed by atoms with Crippen LogP contribution in [0, 0.1) is 0 Å². The van der Waals surface area contributed by atoms with E-state index in [2.05, 4.69) is 146 Å². The summed E-state index contributed by atoms with van der Waals surface area (Å²) in [6.07, 6.45) is 0. The zero-order valence-electron chi connectivity index (χ0n) is 36.9. The van der Waals surface area contributed by atoms with Crippen molar-refractivity contribution in [3.8, 4) is 50.2 Å². The lowest BCUT2D eigenvalue weighted by atomic mass is 9.82. The smallest absolute Gasteiger partial charge is 0.0645 e. The second-order valence-electron chi connectivity index (χ2n) is 15.8. The Kier molecular flexibility index (Phi) is 7.23. The van der Waals surface area contributed by atoms with Gasteiger partial charge in [0.2, 0.25) is 0 Å². The molecule has 1 aliphatic rings. The predicted molar refractivity (Wildman–Crippen MR) is 249 cm³/mol. The molecule has 11 rings (SSSR count). The van der Waals surface area contributed by atoms with Gasteiger partial charge in [-0.3, -0.25) is 0 Å². The van der Waals surface area contributed by atoms with Gasteiger partial charge in [-0.15, -0.1) is 0 Å². The topological polar surface area (TPSA) is 8.17 Å². The summed E-state index contributed by atoms with van der Waals surface area (Å²) in [7, 11) is 0. The van der Waals surface area contributed by atoms with Crippen LogP contribution in [0.2, 0.25) is 0 Å². The van der Waals surface area contributed by atoms with Gasteiger partial charge in [-0.25, -0.2) is 0 Å². The SMILES string of the molecule is [2H]c1c([2H])c(N(c2cccc(-c3ccccc3)c2)c2ccc3c(c2)C(C)(C)c2ccccc2-3)c([2H])c([2H])c1-c1ccc2c(c1)c1ccccc1n2-c1ccccc1-c1ccccc1. The van der Waals surface area contributed by atoms with Crippen molar-refractivity contribution < 1.29 is 5.48 Å². The molecule has 0 spiro atoms. The number of nitrogens with zero attached hydrogens (tertiary/aromatic N) is 2. The van der Waals surface area contributed by atoms with Gasteiger partial charge in [-0.05, 0) is 111 Å². The van der Waals surface area contributed by atoms with Gasteiger partial charge in [0.1, 0.15) is 0 Å². The summed E-state index contributed by atoms with van der Waals surface area (Å²) in [4.78, 5) is 1.91. The van der Waals surface area contributed by atoms with E-state index >= 15 is 0 Å². The van der Waals surface area contributed by atoms with E-state index in [0.717, 1.165) is 72.2 Å². The Bertz CT molecular complexity index is 3400. The zero-order chi connectivity index (χ0) is 43.0. The number of fused-ring (bicyclic) bond motifs is 6. The van der Waals surface area contributed by atoms with Crippen LogP contribution in [0.4, 0.5) is 17.1 Å². The average molecular weight is 759 g/mol. The highest BCUT2D eigenvalue weighted by atomic mass is 15.1. The molecule has 0 atom stereocenters. The second kappa shape index (κ2) is 13.9. The highest BCUT2D eigenvalue weighted by molar-refractivity contribution is 6.11. The van der Waals surface area contributed by atoms with Crippen molar-refractivity contribution in [2.45, 2.75) is 19.3 Å². The summed E-state index contributed by atoms with van der Waals surface area (Å²) in [6.45, 7) is 4.48. The molecule has 0 amide bonds. The lowest BCUT2D eigenvalue weighted by molar-refractivity contribution is 0.660. The monoisotopic (exact) mass is 758 g/mol. The Hall–Kier alpha value is -7.42. The van der Waals surface area contributed by atoms with E-state index in [0.29, 0.717) is 5.56 Å². The minimum Gasteiger partial charge on any atom is -0.310 e. The molecule has 10 aromatic rings. The van der Waals surface area contributed by atoms with Gasteiger partial charge in [0.25, 0.3) is 0 Å². The lowest BCUT2D eigenvalue weighted by Gasteiger charge is -2.28. The maximum atomic E-state index is 9.79. The van der Waals surface area contributed by atoms with Crippen molar-refractivity contribution >= 4 is 38.9 Å². The molecule has 1 heterocycles. The van der Waals surface area contributed by atoms with Crippen molar-refractivity contribution in [3.63, 3.8) is 0 Å². The highest BCUT2D eigenvalue weighted by Gasteiger charge is 2.35.